The summed E-state index contributed by atoms with van der Waals surface area (Å²) in [4.78, 5) is 64.1. The highest BCUT2D eigenvalue weighted by molar-refractivity contribution is 5.98. The molecule has 34 heavy (non-hydrogen) atoms. The standard InChI is InChI=1S/C24H31N3O7/c1-14(2)33-24-17(12-21(30)34-24)26-23(32)19-11-7-10-18(15(3)28)27(19)20(29)13-25-22(31)16-8-5-4-6-9-16/h4-6,8-9,14,17-19,24H,7,10-13H2,1-3H3,(H,25,31)(H,26,32)/t17-,18+,19-,24-/m0/s1. The van der Waals surface area contributed by atoms with Crippen LogP contribution in [0.5, 0.6) is 0 Å². The molecule has 184 valence electrons. The number of hydrogen-bond donors (Lipinski definition) is 2. The Balaban J connectivity index is 1.71. The van der Waals surface area contributed by atoms with Crippen molar-refractivity contribution in [3.05, 3.63) is 35.9 Å². The van der Waals surface area contributed by atoms with Gasteiger partial charge in [0.2, 0.25) is 18.1 Å². The van der Waals surface area contributed by atoms with Crippen molar-refractivity contribution in [3.8, 4) is 0 Å². The molecular weight excluding hydrogens is 442 g/mol. The molecule has 0 aromatic heterocycles. The minimum absolute atomic E-state index is 0.0485. The number of ether oxygens (including phenoxy) is 2. The number of carbonyl (C=O) groups is 5. The molecule has 2 fully saturated rings. The average Bonchev–Trinajstić information content (AvgIpc) is 3.14. The highest BCUT2D eigenvalue weighted by atomic mass is 16.7. The first kappa shape index (κ1) is 25.4. The third-order valence-corrected chi connectivity index (χ3v) is 5.82. The number of esters is 1. The summed E-state index contributed by atoms with van der Waals surface area (Å²) in [6, 6.07) is 6.05. The van der Waals surface area contributed by atoms with Gasteiger partial charge < -0.3 is 25.0 Å². The third kappa shape index (κ3) is 6.19. The number of benzene rings is 1. The number of nitrogens with one attached hydrogen (secondary N) is 2. The predicted octanol–water partition coefficient (Wildman–Crippen LogP) is 0.938. The molecule has 0 spiro atoms. The second kappa shape index (κ2) is 11.2. The lowest BCUT2D eigenvalue weighted by molar-refractivity contribution is -0.173. The van der Waals surface area contributed by atoms with Gasteiger partial charge in [0.05, 0.1) is 25.1 Å². The Labute approximate surface area is 198 Å². The van der Waals surface area contributed by atoms with Gasteiger partial charge in [-0.05, 0) is 52.2 Å². The van der Waals surface area contributed by atoms with Crippen molar-refractivity contribution in [1.82, 2.24) is 15.5 Å². The first-order valence-corrected chi connectivity index (χ1v) is 11.5. The number of nitrogens with zero attached hydrogens (tertiary/aromatic N) is 1. The van der Waals surface area contributed by atoms with Crippen LogP contribution in [-0.2, 0) is 28.7 Å². The fourth-order valence-electron chi connectivity index (χ4n) is 4.27. The van der Waals surface area contributed by atoms with Crippen LogP contribution in [-0.4, -0.2) is 71.4 Å². The minimum atomic E-state index is -0.919. The van der Waals surface area contributed by atoms with Gasteiger partial charge in [-0.1, -0.05) is 18.2 Å². The molecule has 2 aliphatic rings. The molecule has 0 aliphatic carbocycles. The van der Waals surface area contributed by atoms with Gasteiger partial charge in [0, 0.05) is 5.56 Å². The molecule has 2 N–H and O–H groups in total. The molecule has 0 saturated carbocycles. The second-order valence-corrected chi connectivity index (χ2v) is 8.79. The van der Waals surface area contributed by atoms with Gasteiger partial charge >= 0.3 is 5.97 Å². The maximum absolute atomic E-state index is 13.2. The summed E-state index contributed by atoms with van der Waals surface area (Å²) in [5, 5.41) is 5.33. The summed E-state index contributed by atoms with van der Waals surface area (Å²) in [7, 11) is 0. The zero-order valence-corrected chi connectivity index (χ0v) is 19.6. The summed E-state index contributed by atoms with van der Waals surface area (Å²) in [6.07, 6.45) is 0.172. The Morgan fingerprint density at radius 2 is 1.79 bits per heavy atom. The van der Waals surface area contributed by atoms with E-state index >= 15 is 0 Å². The number of rotatable bonds is 8. The number of hydrogen-bond acceptors (Lipinski definition) is 7. The van der Waals surface area contributed by atoms with E-state index in [1.54, 1.807) is 44.2 Å². The molecule has 2 aliphatic heterocycles. The van der Waals surface area contributed by atoms with E-state index in [2.05, 4.69) is 10.6 Å². The number of carbonyl (C=O) groups excluding carboxylic acids is 5. The highest BCUT2D eigenvalue weighted by Gasteiger charge is 2.43. The first-order chi connectivity index (χ1) is 16.2. The lowest BCUT2D eigenvalue weighted by Gasteiger charge is -2.40. The van der Waals surface area contributed by atoms with Crippen LogP contribution >= 0.6 is 0 Å². The monoisotopic (exact) mass is 473 g/mol. The molecule has 3 rings (SSSR count). The molecule has 10 nitrogen and oxygen atoms in total. The number of cyclic esters (lactones) is 1. The molecule has 2 heterocycles. The van der Waals surface area contributed by atoms with Crippen LogP contribution in [0.3, 0.4) is 0 Å². The fourth-order valence-corrected chi connectivity index (χ4v) is 4.27. The van der Waals surface area contributed by atoms with E-state index in [0.29, 0.717) is 24.8 Å². The van der Waals surface area contributed by atoms with Crippen LogP contribution in [0.25, 0.3) is 0 Å². The van der Waals surface area contributed by atoms with Crippen LogP contribution in [0.1, 0.15) is 56.8 Å². The maximum Gasteiger partial charge on any atom is 0.310 e. The molecule has 1 aromatic rings. The molecule has 10 heteroatoms. The largest absolute Gasteiger partial charge is 0.433 e. The fraction of sp³-hybridized carbons (Fsp3) is 0.542. The van der Waals surface area contributed by atoms with E-state index in [-0.39, 0.29) is 24.9 Å². The summed E-state index contributed by atoms with van der Waals surface area (Å²) in [5.41, 5.74) is 0.397. The third-order valence-electron chi connectivity index (χ3n) is 5.82. The summed E-state index contributed by atoms with van der Waals surface area (Å²) >= 11 is 0. The van der Waals surface area contributed by atoms with Crippen molar-refractivity contribution < 1.29 is 33.4 Å². The van der Waals surface area contributed by atoms with Crippen molar-refractivity contribution in [2.75, 3.05) is 6.54 Å². The summed E-state index contributed by atoms with van der Waals surface area (Å²) in [5.74, 6) is -2.17. The van der Waals surface area contributed by atoms with Gasteiger partial charge in [-0.25, -0.2) is 0 Å². The Morgan fingerprint density at radius 3 is 2.44 bits per heavy atom. The second-order valence-electron chi connectivity index (χ2n) is 8.79. The van der Waals surface area contributed by atoms with Crippen molar-refractivity contribution in [3.63, 3.8) is 0 Å². The Morgan fingerprint density at radius 1 is 1.12 bits per heavy atom. The topological polar surface area (TPSA) is 131 Å². The average molecular weight is 474 g/mol. The van der Waals surface area contributed by atoms with Crippen LogP contribution in [0.4, 0.5) is 0 Å². The van der Waals surface area contributed by atoms with E-state index in [1.165, 1.54) is 11.8 Å². The SMILES string of the molecule is CC(=O)[C@H]1CCC[C@@H](C(=O)N[C@H]2CC(=O)O[C@@H]2OC(C)C)N1C(=O)CNC(=O)c1ccccc1. The van der Waals surface area contributed by atoms with Crippen molar-refractivity contribution >= 4 is 29.5 Å². The highest BCUT2D eigenvalue weighted by Crippen LogP contribution is 2.25. The van der Waals surface area contributed by atoms with E-state index in [9.17, 15) is 24.0 Å². The van der Waals surface area contributed by atoms with Crippen molar-refractivity contribution in [2.24, 2.45) is 0 Å². The molecule has 1 aromatic carbocycles. The predicted molar refractivity (Wildman–Crippen MR) is 120 cm³/mol. The Kier molecular flexibility index (Phi) is 8.38. The van der Waals surface area contributed by atoms with Crippen LogP contribution in [0.2, 0.25) is 0 Å². The number of piperidine rings is 1. The Bertz CT molecular complexity index is 934. The van der Waals surface area contributed by atoms with Gasteiger partial charge in [-0.2, -0.15) is 0 Å². The van der Waals surface area contributed by atoms with Gasteiger partial charge in [-0.15, -0.1) is 0 Å². The van der Waals surface area contributed by atoms with Crippen LogP contribution in [0, 0.1) is 0 Å². The smallest absolute Gasteiger partial charge is 0.310 e. The normalized spacial score (nSPS) is 24.5. The number of likely N-dealkylation sites (tertiary alicyclic amines) is 1. The van der Waals surface area contributed by atoms with E-state index in [4.69, 9.17) is 9.47 Å². The number of ketones is 1. The molecule has 2 saturated heterocycles. The van der Waals surface area contributed by atoms with Crippen molar-refractivity contribution in [1.29, 1.82) is 0 Å². The lowest BCUT2D eigenvalue weighted by Crippen LogP contribution is -2.61. The maximum atomic E-state index is 13.2. The van der Waals surface area contributed by atoms with E-state index < -0.39 is 48.1 Å². The van der Waals surface area contributed by atoms with Crippen LogP contribution < -0.4 is 10.6 Å². The number of Topliss-reactive ketones (excluding diaryl/α,β-unsaturated/α-hetero) is 1. The van der Waals surface area contributed by atoms with E-state index in [1.807, 2.05) is 0 Å². The van der Waals surface area contributed by atoms with E-state index in [0.717, 1.165) is 0 Å². The summed E-state index contributed by atoms with van der Waals surface area (Å²) < 4.78 is 10.7. The molecule has 0 radical (unpaired) electrons. The number of amides is 3. The molecule has 3 amide bonds. The van der Waals surface area contributed by atoms with Gasteiger partial charge in [0.1, 0.15) is 12.1 Å². The summed E-state index contributed by atoms with van der Waals surface area (Å²) in [6.45, 7) is 4.59. The first-order valence-electron chi connectivity index (χ1n) is 11.5. The molecule has 4 atom stereocenters. The molecular formula is C24H31N3O7. The van der Waals surface area contributed by atoms with Gasteiger partial charge in [-0.3, -0.25) is 24.0 Å². The zero-order valence-electron chi connectivity index (χ0n) is 19.6. The van der Waals surface area contributed by atoms with Crippen LogP contribution in [0.15, 0.2) is 30.3 Å². The van der Waals surface area contributed by atoms with Crippen molar-refractivity contribution in [2.45, 2.75) is 77.0 Å². The Hall–Kier alpha value is -3.27. The zero-order chi connectivity index (χ0) is 24.8. The quantitative estimate of drug-likeness (QED) is 0.537. The molecule has 0 bridgehead atoms. The lowest BCUT2D eigenvalue weighted by atomic mass is 9.92. The van der Waals surface area contributed by atoms with Gasteiger partial charge in [0.25, 0.3) is 5.91 Å². The van der Waals surface area contributed by atoms with Gasteiger partial charge in [0.15, 0.2) is 5.78 Å². The molecule has 0 unspecified atom stereocenters. The minimum Gasteiger partial charge on any atom is -0.433 e.